The van der Waals surface area contributed by atoms with Crippen LogP contribution in [-0.2, 0) is 14.4 Å². The number of hydrogen-bond donors (Lipinski definition) is 4. The van der Waals surface area contributed by atoms with Crippen molar-refractivity contribution < 1.29 is 24.6 Å². The van der Waals surface area contributed by atoms with Gasteiger partial charge in [-0.15, -0.1) is 0 Å². The Labute approximate surface area is 105 Å². The molecule has 0 bridgehead atoms. The molecule has 0 aromatic carbocycles. The number of carbonyl (C=O) groups is 3. The largest absolute Gasteiger partial charge is 0.481 e. The van der Waals surface area contributed by atoms with Gasteiger partial charge in [-0.25, -0.2) is 4.79 Å². The predicted molar refractivity (Wildman–Crippen MR) is 63.9 cm³/mol. The summed E-state index contributed by atoms with van der Waals surface area (Å²) in [5.74, 6) is -3.20. The van der Waals surface area contributed by atoms with E-state index in [1.54, 1.807) is 0 Å². The molecule has 0 saturated carbocycles. The summed E-state index contributed by atoms with van der Waals surface area (Å²) in [6, 6.07) is -1.18. The highest BCUT2D eigenvalue weighted by molar-refractivity contribution is 5.85. The monoisotopic (exact) mass is 260 g/mol. The van der Waals surface area contributed by atoms with Crippen LogP contribution in [0.4, 0.5) is 0 Å². The smallest absolute Gasteiger partial charge is 0.326 e. The lowest BCUT2D eigenvalue weighted by Gasteiger charge is -2.18. The average molecular weight is 260 g/mol. The van der Waals surface area contributed by atoms with Crippen molar-refractivity contribution in [1.29, 1.82) is 0 Å². The SMILES string of the molecule is CCCC(CN)C(=O)NC(CCC(=O)O)C(=O)O. The van der Waals surface area contributed by atoms with Gasteiger partial charge in [0, 0.05) is 13.0 Å². The van der Waals surface area contributed by atoms with Crippen LogP contribution in [0.2, 0.25) is 0 Å². The molecule has 0 saturated heterocycles. The molecule has 0 aliphatic carbocycles. The molecule has 0 radical (unpaired) electrons. The van der Waals surface area contributed by atoms with Crippen LogP contribution in [0.25, 0.3) is 0 Å². The number of carboxylic acids is 2. The molecule has 1 amide bonds. The molecule has 2 atom stereocenters. The predicted octanol–water partition coefficient (Wildman–Crippen LogP) is -0.204. The number of nitrogens with one attached hydrogen (secondary N) is 1. The second kappa shape index (κ2) is 8.46. The fraction of sp³-hybridized carbons (Fsp3) is 0.727. The van der Waals surface area contributed by atoms with Gasteiger partial charge in [0.2, 0.25) is 5.91 Å². The molecule has 0 aromatic heterocycles. The van der Waals surface area contributed by atoms with E-state index >= 15 is 0 Å². The lowest BCUT2D eigenvalue weighted by molar-refractivity contribution is -0.143. The summed E-state index contributed by atoms with van der Waals surface area (Å²) in [5.41, 5.74) is 5.43. The molecular formula is C11H20N2O5. The van der Waals surface area contributed by atoms with Crippen LogP contribution in [0.1, 0.15) is 32.6 Å². The van der Waals surface area contributed by atoms with Gasteiger partial charge in [-0.1, -0.05) is 13.3 Å². The number of hydrogen-bond acceptors (Lipinski definition) is 4. The zero-order chi connectivity index (χ0) is 14.1. The van der Waals surface area contributed by atoms with E-state index < -0.39 is 29.8 Å². The van der Waals surface area contributed by atoms with E-state index in [-0.39, 0.29) is 19.4 Å². The minimum Gasteiger partial charge on any atom is -0.481 e. The van der Waals surface area contributed by atoms with Gasteiger partial charge in [0.15, 0.2) is 0 Å². The number of aliphatic carboxylic acids is 2. The summed E-state index contributed by atoms with van der Waals surface area (Å²) in [5, 5.41) is 19.7. The van der Waals surface area contributed by atoms with Crippen LogP contribution in [-0.4, -0.2) is 40.6 Å². The van der Waals surface area contributed by atoms with Gasteiger partial charge in [-0.05, 0) is 12.8 Å². The minimum atomic E-state index is -1.24. The number of rotatable bonds is 9. The molecule has 0 aliphatic heterocycles. The summed E-state index contributed by atoms with van der Waals surface area (Å²) in [6.07, 6.45) is 0.897. The van der Waals surface area contributed by atoms with Gasteiger partial charge >= 0.3 is 11.9 Å². The van der Waals surface area contributed by atoms with Crippen molar-refractivity contribution in [3.63, 3.8) is 0 Å². The van der Waals surface area contributed by atoms with E-state index in [0.29, 0.717) is 6.42 Å². The van der Waals surface area contributed by atoms with Crippen LogP contribution in [0.3, 0.4) is 0 Å². The Morgan fingerprint density at radius 2 is 1.83 bits per heavy atom. The van der Waals surface area contributed by atoms with Crippen molar-refractivity contribution in [2.75, 3.05) is 6.54 Å². The fourth-order valence-corrected chi connectivity index (χ4v) is 1.52. The molecular weight excluding hydrogens is 240 g/mol. The number of carboxylic acid groups (broad SMARTS) is 2. The van der Waals surface area contributed by atoms with E-state index in [4.69, 9.17) is 15.9 Å². The Kier molecular flexibility index (Phi) is 7.69. The van der Waals surface area contributed by atoms with Crippen LogP contribution >= 0.6 is 0 Å². The third-order valence-electron chi connectivity index (χ3n) is 2.55. The van der Waals surface area contributed by atoms with Crippen molar-refractivity contribution in [3.05, 3.63) is 0 Å². The van der Waals surface area contributed by atoms with Crippen molar-refractivity contribution in [2.24, 2.45) is 11.7 Å². The maximum absolute atomic E-state index is 11.7. The summed E-state index contributed by atoms with van der Waals surface area (Å²) in [6.45, 7) is 2.04. The van der Waals surface area contributed by atoms with E-state index in [1.807, 2.05) is 6.92 Å². The van der Waals surface area contributed by atoms with E-state index in [9.17, 15) is 14.4 Å². The first-order chi connectivity index (χ1) is 8.42. The number of carbonyl (C=O) groups excluding carboxylic acids is 1. The van der Waals surface area contributed by atoms with Crippen molar-refractivity contribution in [1.82, 2.24) is 5.32 Å². The molecule has 7 heteroatoms. The van der Waals surface area contributed by atoms with Crippen LogP contribution in [0, 0.1) is 5.92 Å². The van der Waals surface area contributed by atoms with Gasteiger partial charge < -0.3 is 21.3 Å². The summed E-state index contributed by atoms with van der Waals surface area (Å²) in [4.78, 5) is 33.0. The lowest BCUT2D eigenvalue weighted by Crippen LogP contribution is -2.45. The second-order valence-electron chi connectivity index (χ2n) is 4.05. The number of nitrogens with two attached hydrogens (primary N) is 1. The van der Waals surface area contributed by atoms with E-state index in [1.165, 1.54) is 0 Å². The zero-order valence-corrected chi connectivity index (χ0v) is 10.4. The molecule has 18 heavy (non-hydrogen) atoms. The van der Waals surface area contributed by atoms with Gasteiger partial charge in [-0.3, -0.25) is 9.59 Å². The Morgan fingerprint density at radius 1 is 1.22 bits per heavy atom. The highest BCUT2D eigenvalue weighted by atomic mass is 16.4. The number of amides is 1. The van der Waals surface area contributed by atoms with E-state index in [2.05, 4.69) is 5.32 Å². The van der Waals surface area contributed by atoms with Gasteiger partial charge in [0.05, 0.1) is 5.92 Å². The molecule has 0 aliphatic rings. The van der Waals surface area contributed by atoms with Crippen molar-refractivity contribution >= 4 is 17.8 Å². The highest BCUT2D eigenvalue weighted by Crippen LogP contribution is 2.06. The molecule has 5 N–H and O–H groups in total. The first-order valence-corrected chi connectivity index (χ1v) is 5.87. The third-order valence-corrected chi connectivity index (χ3v) is 2.55. The highest BCUT2D eigenvalue weighted by Gasteiger charge is 2.24. The molecule has 0 rings (SSSR count). The van der Waals surface area contributed by atoms with Crippen LogP contribution < -0.4 is 11.1 Å². The second-order valence-corrected chi connectivity index (χ2v) is 4.05. The summed E-state index contributed by atoms with van der Waals surface area (Å²) < 4.78 is 0. The maximum atomic E-state index is 11.7. The summed E-state index contributed by atoms with van der Waals surface area (Å²) >= 11 is 0. The minimum absolute atomic E-state index is 0.139. The van der Waals surface area contributed by atoms with Crippen molar-refractivity contribution in [2.45, 2.75) is 38.6 Å². The molecule has 7 nitrogen and oxygen atoms in total. The van der Waals surface area contributed by atoms with Crippen LogP contribution in [0.15, 0.2) is 0 Å². The molecule has 0 heterocycles. The van der Waals surface area contributed by atoms with Gasteiger partial charge in [0.1, 0.15) is 6.04 Å². The zero-order valence-electron chi connectivity index (χ0n) is 10.4. The standard InChI is InChI=1S/C11H20N2O5/c1-2-3-7(6-12)10(16)13-8(11(17)18)4-5-9(14)15/h7-8H,2-6,12H2,1H3,(H,13,16)(H,14,15)(H,17,18). The molecule has 0 fully saturated rings. The Morgan fingerprint density at radius 3 is 2.22 bits per heavy atom. The average Bonchev–Trinajstić information content (AvgIpc) is 2.30. The Hall–Kier alpha value is -1.63. The van der Waals surface area contributed by atoms with Crippen molar-refractivity contribution in [3.8, 4) is 0 Å². The molecule has 0 spiro atoms. The first kappa shape index (κ1) is 16.4. The Bertz CT molecular complexity index is 306. The Balaban J connectivity index is 4.42. The fourth-order valence-electron chi connectivity index (χ4n) is 1.52. The maximum Gasteiger partial charge on any atom is 0.326 e. The third kappa shape index (κ3) is 6.19. The normalized spacial score (nSPS) is 13.7. The lowest BCUT2D eigenvalue weighted by atomic mass is 10.0. The molecule has 2 unspecified atom stereocenters. The topological polar surface area (TPSA) is 130 Å². The van der Waals surface area contributed by atoms with Crippen LogP contribution in [0.5, 0.6) is 0 Å². The first-order valence-electron chi connectivity index (χ1n) is 5.87. The van der Waals surface area contributed by atoms with E-state index in [0.717, 1.165) is 6.42 Å². The molecule has 0 aromatic rings. The van der Waals surface area contributed by atoms with Gasteiger partial charge in [0.25, 0.3) is 0 Å². The summed E-state index contributed by atoms with van der Waals surface area (Å²) in [7, 11) is 0. The quantitative estimate of drug-likeness (QED) is 0.454. The van der Waals surface area contributed by atoms with Gasteiger partial charge in [-0.2, -0.15) is 0 Å². The molecule has 104 valence electrons.